The van der Waals surface area contributed by atoms with Crippen LogP contribution in [0.15, 0.2) is 24.3 Å². The van der Waals surface area contributed by atoms with Gasteiger partial charge < -0.3 is 5.32 Å². The number of amides is 1. The van der Waals surface area contributed by atoms with Crippen LogP contribution in [-0.2, 0) is 0 Å². The van der Waals surface area contributed by atoms with E-state index in [9.17, 15) is 9.18 Å². The number of halogens is 1. The first-order valence-corrected chi connectivity index (χ1v) is 5.63. The number of nitrogens with one attached hydrogen (secondary N) is 1. The van der Waals surface area contributed by atoms with Gasteiger partial charge in [0.1, 0.15) is 5.82 Å². The smallest absolute Gasteiger partial charge is 0.251 e. The summed E-state index contributed by atoms with van der Waals surface area (Å²) in [6.07, 6.45) is 2.04. The van der Waals surface area contributed by atoms with E-state index in [4.69, 9.17) is 0 Å². The normalized spacial score (nSPS) is 10.5. The maximum atomic E-state index is 12.8. The van der Waals surface area contributed by atoms with Gasteiger partial charge >= 0.3 is 0 Å². The van der Waals surface area contributed by atoms with Gasteiger partial charge in [-0.15, -0.1) is 0 Å². The molecule has 0 fully saturated rings. The predicted molar refractivity (Wildman–Crippen MR) is 62.8 cm³/mol. The van der Waals surface area contributed by atoms with E-state index >= 15 is 0 Å². The second-order valence-corrected chi connectivity index (χ2v) is 4.30. The number of carbonyl (C=O) groups excluding carboxylic acids is 1. The van der Waals surface area contributed by atoms with Gasteiger partial charge in [-0.2, -0.15) is 0 Å². The van der Waals surface area contributed by atoms with Gasteiger partial charge in [0, 0.05) is 12.1 Å². The van der Waals surface area contributed by atoms with Crippen molar-refractivity contribution in [3.8, 4) is 0 Å². The van der Waals surface area contributed by atoms with Gasteiger partial charge in [0.05, 0.1) is 0 Å². The zero-order valence-corrected chi connectivity index (χ0v) is 9.79. The van der Waals surface area contributed by atoms with Gasteiger partial charge in [0.15, 0.2) is 0 Å². The minimum Gasteiger partial charge on any atom is -0.352 e. The summed E-state index contributed by atoms with van der Waals surface area (Å²) < 4.78 is 12.8. The van der Waals surface area contributed by atoms with Gasteiger partial charge in [-0.3, -0.25) is 4.79 Å². The standard InChI is InChI=1S/C13H18FNO/c1-10(2)5-4-8-15-13(16)11-6-3-7-12(14)9-11/h3,6-7,9-10H,4-5,8H2,1-2H3,(H,15,16). The molecule has 1 aromatic rings. The molecule has 0 saturated carbocycles. The van der Waals surface area contributed by atoms with E-state index in [0.29, 0.717) is 18.0 Å². The summed E-state index contributed by atoms with van der Waals surface area (Å²) in [4.78, 5) is 11.6. The zero-order chi connectivity index (χ0) is 12.0. The van der Waals surface area contributed by atoms with Crippen LogP contribution in [0.25, 0.3) is 0 Å². The summed E-state index contributed by atoms with van der Waals surface area (Å²) in [6.45, 7) is 4.94. The molecule has 0 heterocycles. The highest BCUT2D eigenvalue weighted by atomic mass is 19.1. The summed E-state index contributed by atoms with van der Waals surface area (Å²) in [5.41, 5.74) is 0.379. The molecule has 0 aliphatic rings. The van der Waals surface area contributed by atoms with Crippen LogP contribution in [0, 0.1) is 11.7 Å². The highest BCUT2D eigenvalue weighted by Gasteiger charge is 2.05. The van der Waals surface area contributed by atoms with E-state index < -0.39 is 0 Å². The SMILES string of the molecule is CC(C)CCCNC(=O)c1cccc(F)c1. The zero-order valence-electron chi connectivity index (χ0n) is 9.79. The highest BCUT2D eigenvalue weighted by molar-refractivity contribution is 5.94. The predicted octanol–water partition coefficient (Wildman–Crippen LogP) is 2.99. The van der Waals surface area contributed by atoms with Crippen molar-refractivity contribution in [1.29, 1.82) is 0 Å². The molecule has 0 bridgehead atoms. The molecular formula is C13H18FNO. The van der Waals surface area contributed by atoms with Crippen molar-refractivity contribution < 1.29 is 9.18 Å². The first-order chi connectivity index (χ1) is 7.59. The fourth-order valence-corrected chi connectivity index (χ4v) is 1.44. The molecule has 0 aromatic heterocycles. The monoisotopic (exact) mass is 223 g/mol. The Hall–Kier alpha value is -1.38. The molecule has 0 aliphatic heterocycles. The molecule has 1 amide bonds. The lowest BCUT2D eigenvalue weighted by atomic mass is 10.1. The highest BCUT2D eigenvalue weighted by Crippen LogP contribution is 2.04. The van der Waals surface area contributed by atoms with Crippen LogP contribution >= 0.6 is 0 Å². The van der Waals surface area contributed by atoms with Crippen LogP contribution in [0.1, 0.15) is 37.0 Å². The Balaban J connectivity index is 2.35. The second kappa shape index (κ2) is 6.26. The molecule has 1 N–H and O–H groups in total. The Morgan fingerprint density at radius 1 is 1.44 bits per heavy atom. The fraction of sp³-hybridized carbons (Fsp3) is 0.462. The molecule has 0 radical (unpaired) electrons. The maximum Gasteiger partial charge on any atom is 0.251 e. The summed E-state index contributed by atoms with van der Waals surface area (Å²) in [5.74, 6) is 0.0594. The average molecular weight is 223 g/mol. The summed E-state index contributed by atoms with van der Waals surface area (Å²) >= 11 is 0. The first-order valence-electron chi connectivity index (χ1n) is 5.63. The molecular weight excluding hydrogens is 205 g/mol. The molecule has 0 unspecified atom stereocenters. The number of rotatable bonds is 5. The Kier molecular flexibility index (Phi) is 4.96. The molecule has 2 nitrogen and oxygen atoms in total. The summed E-state index contributed by atoms with van der Waals surface area (Å²) in [7, 11) is 0. The Labute approximate surface area is 95.9 Å². The van der Waals surface area contributed by atoms with Gasteiger partial charge in [-0.1, -0.05) is 19.9 Å². The van der Waals surface area contributed by atoms with Crippen molar-refractivity contribution in [3.63, 3.8) is 0 Å². The largest absolute Gasteiger partial charge is 0.352 e. The number of carbonyl (C=O) groups is 1. The van der Waals surface area contributed by atoms with Crippen molar-refractivity contribution in [1.82, 2.24) is 5.32 Å². The van der Waals surface area contributed by atoms with Crippen molar-refractivity contribution >= 4 is 5.91 Å². The molecule has 0 aliphatic carbocycles. The summed E-state index contributed by atoms with van der Waals surface area (Å²) in [6, 6.07) is 5.73. The van der Waals surface area contributed by atoms with Gasteiger partial charge in [-0.05, 0) is 37.0 Å². The van der Waals surface area contributed by atoms with Gasteiger partial charge in [-0.25, -0.2) is 4.39 Å². The molecule has 0 saturated heterocycles. The van der Waals surface area contributed by atoms with Crippen molar-refractivity contribution in [2.75, 3.05) is 6.54 Å². The van der Waals surface area contributed by atoms with Crippen LogP contribution in [0.3, 0.4) is 0 Å². The Bertz CT molecular complexity index is 350. The first kappa shape index (κ1) is 12.7. The molecule has 0 spiro atoms. The van der Waals surface area contributed by atoms with Crippen molar-refractivity contribution in [2.24, 2.45) is 5.92 Å². The van der Waals surface area contributed by atoms with E-state index in [1.165, 1.54) is 12.1 Å². The minimum absolute atomic E-state index is 0.205. The van der Waals surface area contributed by atoms with E-state index in [-0.39, 0.29) is 11.7 Å². The lowest BCUT2D eigenvalue weighted by molar-refractivity contribution is 0.0952. The van der Waals surface area contributed by atoms with E-state index in [2.05, 4.69) is 19.2 Å². The lowest BCUT2D eigenvalue weighted by Gasteiger charge is -2.06. The van der Waals surface area contributed by atoms with Gasteiger partial charge in [0.25, 0.3) is 5.91 Å². The summed E-state index contributed by atoms with van der Waals surface area (Å²) in [5, 5.41) is 2.78. The molecule has 3 heteroatoms. The third kappa shape index (κ3) is 4.43. The van der Waals surface area contributed by atoms with Gasteiger partial charge in [0.2, 0.25) is 0 Å². The van der Waals surface area contributed by atoms with Crippen LogP contribution in [-0.4, -0.2) is 12.5 Å². The number of hydrogen-bond donors (Lipinski definition) is 1. The third-order valence-corrected chi connectivity index (χ3v) is 2.33. The average Bonchev–Trinajstić information content (AvgIpc) is 2.24. The second-order valence-electron chi connectivity index (χ2n) is 4.30. The topological polar surface area (TPSA) is 29.1 Å². The van der Waals surface area contributed by atoms with E-state index in [1.54, 1.807) is 12.1 Å². The Morgan fingerprint density at radius 2 is 2.19 bits per heavy atom. The van der Waals surface area contributed by atoms with Crippen LogP contribution in [0.4, 0.5) is 4.39 Å². The molecule has 1 aromatic carbocycles. The Morgan fingerprint density at radius 3 is 2.81 bits per heavy atom. The van der Waals surface area contributed by atoms with E-state index in [0.717, 1.165) is 12.8 Å². The fourth-order valence-electron chi connectivity index (χ4n) is 1.44. The maximum absolute atomic E-state index is 12.8. The number of benzene rings is 1. The number of hydrogen-bond acceptors (Lipinski definition) is 1. The third-order valence-electron chi connectivity index (χ3n) is 2.33. The molecule has 88 valence electrons. The van der Waals surface area contributed by atoms with Crippen LogP contribution in [0.5, 0.6) is 0 Å². The molecule has 1 rings (SSSR count). The van der Waals surface area contributed by atoms with Crippen molar-refractivity contribution in [2.45, 2.75) is 26.7 Å². The lowest BCUT2D eigenvalue weighted by Crippen LogP contribution is -2.24. The minimum atomic E-state index is -0.380. The van der Waals surface area contributed by atoms with E-state index in [1.807, 2.05) is 0 Å². The molecule has 0 atom stereocenters. The van der Waals surface area contributed by atoms with Crippen LogP contribution in [0.2, 0.25) is 0 Å². The van der Waals surface area contributed by atoms with Crippen molar-refractivity contribution in [3.05, 3.63) is 35.6 Å². The van der Waals surface area contributed by atoms with Crippen LogP contribution < -0.4 is 5.32 Å². The molecule has 16 heavy (non-hydrogen) atoms. The quantitative estimate of drug-likeness (QED) is 0.764.